The summed E-state index contributed by atoms with van der Waals surface area (Å²) in [7, 11) is 0. The first-order chi connectivity index (χ1) is 7.95. The minimum Gasteiger partial charge on any atom is -0.349 e. The Bertz CT molecular complexity index is 411. The van der Waals surface area contributed by atoms with Crippen molar-refractivity contribution >= 4 is 49.4 Å². The molecule has 1 amide bonds. The first-order valence-electron chi connectivity index (χ1n) is 5.27. The molecule has 1 aromatic carbocycles. The fraction of sp³-hybridized carbons (Fsp3) is 0.417. The van der Waals surface area contributed by atoms with Crippen LogP contribution in [0, 0.1) is 5.92 Å². The number of halogens is 3. The quantitative estimate of drug-likeness (QED) is 0.774. The summed E-state index contributed by atoms with van der Waals surface area (Å²) in [5, 5.41) is 4.35. The maximum absolute atomic E-state index is 11.9. The zero-order chi connectivity index (χ0) is 13.0. The van der Waals surface area contributed by atoms with Crippen LogP contribution in [-0.2, 0) is 0 Å². The molecule has 0 radical (unpaired) electrons. The largest absolute Gasteiger partial charge is 0.349 e. The molecule has 1 N–H and O–H groups in total. The molecule has 0 aliphatic carbocycles. The Kier molecular flexibility index (Phi) is 5.97. The van der Waals surface area contributed by atoms with Gasteiger partial charge in [0.25, 0.3) is 5.91 Å². The highest BCUT2D eigenvalue weighted by molar-refractivity contribution is 9.10. The first kappa shape index (κ1) is 15.0. The maximum atomic E-state index is 11.9. The summed E-state index contributed by atoms with van der Waals surface area (Å²) in [5.74, 6) is 0.282. The van der Waals surface area contributed by atoms with Crippen LogP contribution in [0.25, 0.3) is 0 Å². The average Bonchev–Trinajstić information content (AvgIpc) is 2.31. The van der Waals surface area contributed by atoms with Crippen LogP contribution in [0.4, 0.5) is 0 Å². The van der Waals surface area contributed by atoms with Gasteiger partial charge in [-0.1, -0.05) is 34.5 Å². The zero-order valence-corrected chi connectivity index (χ0v) is 13.6. The number of carbonyl (C=O) groups excluding carboxylic acids is 1. The van der Waals surface area contributed by atoms with Gasteiger partial charge >= 0.3 is 0 Å². The SMILES string of the molecule is CC(CBr)C(C)NC(=O)c1ccc(Br)c(Cl)c1. The van der Waals surface area contributed by atoms with E-state index in [0.29, 0.717) is 16.5 Å². The van der Waals surface area contributed by atoms with Crippen LogP contribution in [-0.4, -0.2) is 17.3 Å². The standard InChI is InChI=1S/C12H14Br2ClNO/c1-7(6-13)8(2)16-12(17)9-3-4-10(14)11(15)5-9/h3-5,7-8H,6H2,1-2H3,(H,16,17). The fourth-order valence-electron chi connectivity index (χ4n) is 1.20. The summed E-state index contributed by atoms with van der Waals surface area (Å²) in [6.45, 7) is 4.07. The third-order valence-electron chi connectivity index (χ3n) is 2.64. The fourth-order valence-corrected chi connectivity index (χ4v) is 2.19. The Hall–Kier alpha value is -0.0600. The Balaban J connectivity index is 2.73. The number of carbonyl (C=O) groups is 1. The van der Waals surface area contributed by atoms with Crippen molar-refractivity contribution in [2.24, 2.45) is 5.92 Å². The van der Waals surface area contributed by atoms with Crippen molar-refractivity contribution in [1.29, 1.82) is 0 Å². The van der Waals surface area contributed by atoms with E-state index in [4.69, 9.17) is 11.6 Å². The molecule has 0 bridgehead atoms. The third-order valence-corrected chi connectivity index (χ3v) is 4.89. The highest BCUT2D eigenvalue weighted by Crippen LogP contribution is 2.23. The van der Waals surface area contributed by atoms with E-state index in [9.17, 15) is 4.79 Å². The molecule has 5 heteroatoms. The second kappa shape index (κ2) is 6.76. The van der Waals surface area contributed by atoms with Crippen molar-refractivity contribution in [3.8, 4) is 0 Å². The monoisotopic (exact) mass is 381 g/mol. The molecular weight excluding hydrogens is 369 g/mol. The molecule has 17 heavy (non-hydrogen) atoms. The lowest BCUT2D eigenvalue weighted by molar-refractivity contribution is 0.0931. The number of alkyl halides is 1. The molecule has 0 aliphatic rings. The van der Waals surface area contributed by atoms with Crippen LogP contribution in [0.2, 0.25) is 5.02 Å². The number of nitrogens with one attached hydrogen (secondary N) is 1. The molecule has 0 saturated heterocycles. The molecule has 2 nitrogen and oxygen atoms in total. The van der Waals surface area contributed by atoms with Crippen molar-refractivity contribution in [2.75, 3.05) is 5.33 Å². The van der Waals surface area contributed by atoms with E-state index in [1.165, 1.54) is 0 Å². The van der Waals surface area contributed by atoms with E-state index in [2.05, 4.69) is 44.1 Å². The maximum Gasteiger partial charge on any atom is 0.251 e. The summed E-state index contributed by atoms with van der Waals surface area (Å²) >= 11 is 12.6. The van der Waals surface area contributed by atoms with Gasteiger partial charge in [0.05, 0.1) is 5.02 Å². The first-order valence-corrected chi connectivity index (χ1v) is 7.56. The summed E-state index contributed by atoms with van der Waals surface area (Å²) in [6.07, 6.45) is 0. The smallest absolute Gasteiger partial charge is 0.251 e. The van der Waals surface area contributed by atoms with E-state index >= 15 is 0 Å². The van der Waals surface area contributed by atoms with Crippen molar-refractivity contribution in [2.45, 2.75) is 19.9 Å². The van der Waals surface area contributed by atoms with E-state index < -0.39 is 0 Å². The van der Waals surface area contributed by atoms with E-state index in [1.807, 2.05) is 6.92 Å². The highest BCUT2D eigenvalue weighted by atomic mass is 79.9. The van der Waals surface area contributed by atoms with Crippen molar-refractivity contribution in [1.82, 2.24) is 5.32 Å². The number of rotatable bonds is 4. The van der Waals surface area contributed by atoms with Crippen LogP contribution in [0.15, 0.2) is 22.7 Å². The lowest BCUT2D eigenvalue weighted by Crippen LogP contribution is -2.37. The Morgan fingerprint density at radius 1 is 1.47 bits per heavy atom. The Morgan fingerprint density at radius 3 is 2.65 bits per heavy atom. The highest BCUT2D eigenvalue weighted by Gasteiger charge is 2.15. The van der Waals surface area contributed by atoms with E-state index in [-0.39, 0.29) is 11.9 Å². The van der Waals surface area contributed by atoms with Crippen molar-refractivity contribution in [3.63, 3.8) is 0 Å². The molecule has 2 unspecified atom stereocenters. The van der Waals surface area contributed by atoms with Crippen LogP contribution in [0.3, 0.4) is 0 Å². The van der Waals surface area contributed by atoms with Crippen molar-refractivity contribution in [3.05, 3.63) is 33.3 Å². The molecule has 0 heterocycles. The minimum absolute atomic E-state index is 0.0975. The van der Waals surface area contributed by atoms with Gasteiger partial charge in [-0.15, -0.1) is 0 Å². The summed E-state index contributed by atoms with van der Waals surface area (Å²) in [4.78, 5) is 11.9. The van der Waals surface area contributed by atoms with Gasteiger partial charge < -0.3 is 5.32 Å². The van der Waals surface area contributed by atoms with Gasteiger partial charge in [-0.05, 0) is 47.0 Å². The normalized spacial score (nSPS) is 14.2. The van der Waals surface area contributed by atoms with Gasteiger partial charge in [0.2, 0.25) is 0 Å². The van der Waals surface area contributed by atoms with E-state index in [1.54, 1.807) is 18.2 Å². The predicted octanol–water partition coefficient (Wildman–Crippen LogP) is 4.25. The van der Waals surface area contributed by atoms with Gasteiger partial charge in [0.15, 0.2) is 0 Å². The molecule has 1 rings (SSSR count). The van der Waals surface area contributed by atoms with Crippen LogP contribution >= 0.6 is 43.5 Å². The minimum atomic E-state index is -0.0975. The number of hydrogen-bond donors (Lipinski definition) is 1. The molecule has 0 saturated carbocycles. The van der Waals surface area contributed by atoms with Gasteiger partial charge in [-0.2, -0.15) is 0 Å². The molecular formula is C12H14Br2ClNO. The van der Waals surface area contributed by atoms with Crippen LogP contribution < -0.4 is 5.32 Å². The third kappa shape index (κ3) is 4.27. The summed E-state index contributed by atoms with van der Waals surface area (Å²) < 4.78 is 0.789. The number of benzene rings is 1. The molecule has 0 fully saturated rings. The lowest BCUT2D eigenvalue weighted by atomic mass is 10.1. The number of amides is 1. The second-order valence-corrected chi connectivity index (χ2v) is 5.93. The predicted molar refractivity (Wildman–Crippen MR) is 79.0 cm³/mol. The van der Waals surface area contributed by atoms with Gasteiger partial charge in [0.1, 0.15) is 0 Å². The zero-order valence-electron chi connectivity index (χ0n) is 9.64. The topological polar surface area (TPSA) is 29.1 Å². The van der Waals surface area contributed by atoms with Crippen LogP contribution in [0.1, 0.15) is 24.2 Å². The van der Waals surface area contributed by atoms with Crippen molar-refractivity contribution < 1.29 is 4.79 Å². The Morgan fingerprint density at radius 2 is 2.12 bits per heavy atom. The average molecular weight is 384 g/mol. The molecule has 94 valence electrons. The summed E-state index contributed by atoms with van der Waals surface area (Å²) in [5.41, 5.74) is 0.576. The molecule has 0 aliphatic heterocycles. The molecule has 0 aromatic heterocycles. The van der Waals surface area contributed by atoms with Crippen LogP contribution in [0.5, 0.6) is 0 Å². The van der Waals surface area contributed by atoms with E-state index in [0.717, 1.165) is 9.80 Å². The lowest BCUT2D eigenvalue weighted by Gasteiger charge is -2.19. The van der Waals surface area contributed by atoms with Gasteiger partial charge in [-0.3, -0.25) is 4.79 Å². The summed E-state index contributed by atoms with van der Waals surface area (Å²) in [6, 6.07) is 5.29. The van der Waals surface area contributed by atoms with Gasteiger partial charge in [0, 0.05) is 21.4 Å². The molecule has 1 aromatic rings. The van der Waals surface area contributed by atoms with Gasteiger partial charge in [-0.25, -0.2) is 0 Å². The number of hydrogen-bond acceptors (Lipinski definition) is 1. The second-order valence-electron chi connectivity index (χ2n) is 4.02. The molecule has 0 spiro atoms. The molecule has 2 atom stereocenters. The Labute approximate surface area is 123 Å².